The van der Waals surface area contributed by atoms with Crippen molar-refractivity contribution in [3.8, 4) is 11.4 Å². The van der Waals surface area contributed by atoms with Gasteiger partial charge in [-0.3, -0.25) is 5.10 Å². The molecular weight excluding hydrogens is 332 g/mol. The fourth-order valence-corrected chi connectivity index (χ4v) is 1.46. The summed E-state index contributed by atoms with van der Waals surface area (Å²) in [6.45, 7) is 0. The van der Waals surface area contributed by atoms with Crippen LogP contribution in [0, 0.1) is 0 Å². The molecule has 3 N–H and O–H groups in total. The number of aliphatic imine (C=N–C) groups is 1. The van der Waals surface area contributed by atoms with Crippen LogP contribution in [0.4, 0.5) is 5.95 Å². The molecule has 0 radical (unpaired) electrons. The van der Waals surface area contributed by atoms with Crippen molar-refractivity contribution in [1.82, 2.24) is 15.2 Å². The molecule has 2 aromatic rings. The zero-order valence-electron chi connectivity index (χ0n) is 9.24. The third kappa shape index (κ3) is 3.73. The standard InChI is InChI=1S/C10H7Cl4N5/c11-6-3-1-5(2-4-6)7-16-9(19-18-7)17-8(15)10(12,13)14/h1-4H,(H3,15,16,17,18,19). The number of aromatic amines is 1. The minimum atomic E-state index is -1.79. The van der Waals surface area contributed by atoms with Crippen molar-refractivity contribution < 1.29 is 0 Å². The first-order valence-electron chi connectivity index (χ1n) is 4.96. The van der Waals surface area contributed by atoms with Crippen LogP contribution in [0.15, 0.2) is 29.3 Å². The highest BCUT2D eigenvalue weighted by molar-refractivity contribution is 6.76. The van der Waals surface area contributed by atoms with Gasteiger partial charge in [-0.2, -0.15) is 9.98 Å². The Kier molecular flexibility index (Phi) is 4.20. The predicted octanol–water partition coefficient (Wildman–Crippen LogP) is 3.48. The van der Waals surface area contributed by atoms with E-state index < -0.39 is 3.79 Å². The van der Waals surface area contributed by atoms with Gasteiger partial charge >= 0.3 is 0 Å². The van der Waals surface area contributed by atoms with Crippen LogP contribution in [-0.4, -0.2) is 24.8 Å². The molecule has 100 valence electrons. The van der Waals surface area contributed by atoms with E-state index in [9.17, 15) is 0 Å². The Hall–Kier alpha value is -1.01. The molecule has 0 bridgehead atoms. The van der Waals surface area contributed by atoms with Crippen LogP contribution in [0.1, 0.15) is 0 Å². The summed E-state index contributed by atoms with van der Waals surface area (Å²) in [6.07, 6.45) is 0. The van der Waals surface area contributed by atoms with Gasteiger partial charge in [0.25, 0.3) is 5.95 Å². The molecule has 0 amide bonds. The van der Waals surface area contributed by atoms with Gasteiger partial charge in [0.2, 0.25) is 3.79 Å². The third-order valence-corrected chi connectivity index (χ3v) is 2.94. The van der Waals surface area contributed by atoms with Crippen molar-refractivity contribution in [2.45, 2.75) is 3.79 Å². The number of hydrogen-bond acceptors (Lipinski definition) is 3. The Bertz CT molecular complexity index is 599. The first-order valence-corrected chi connectivity index (χ1v) is 6.47. The molecule has 0 aliphatic heterocycles. The molecule has 0 saturated heterocycles. The van der Waals surface area contributed by atoms with Crippen molar-refractivity contribution >= 4 is 58.2 Å². The number of alkyl halides is 3. The Morgan fingerprint density at radius 3 is 2.42 bits per heavy atom. The van der Waals surface area contributed by atoms with Gasteiger partial charge in [0.1, 0.15) is 0 Å². The Balaban J connectivity index is 2.27. The first-order chi connectivity index (χ1) is 8.86. The molecule has 0 fully saturated rings. The predicted molar refractivity (Wildman–Crippen MR) is 78.4 cm³/mol. The molecule has 0 saturated carbocycles. The van der Waals surface area contributed by atoms with Crippen LogP contribution < -0.4 is 5.73 Å². The van der Waals surface area contributed by atoms with E-state index in [1.807, 2.05) is 0 Å². The van der Waals surface area contributed by atoms with E-state index in [4.69, 9.17) is 52.1 Å². The normalized spacial score (nSPS) is 12.7. The first kappa shape index (κ1) is 14.4. The van der Waals surface area contributed by atoms with Crippen LogP contribution in [-0.2, 0) is 0 Å². The molecule has 0 atom stereocenters. The maximum Gasteiger partial charge on any atom is 0.270 e. The highest BCUT2D eigenvalue weighted by atomic mass is 35.6. The zero-order valence-corrected chi connectivity index (χ0v) is 12.3. The third-order valence-electron chi connectivity index (χ3n) is 2.10. The molecule has 19 heavy (non-hydrogen) atoms. The maximum atomic E-state index is 5.79. The second-order valence-electron chi connectivity index (χ2n) is 3.49. The highest BCUT2D eigenvalue weighted by Gasteiger charge is 2.25. The summed E-state index contributed by atoms with van der Waals surface area (Å²) in [4.78, 5) is 7.92. The second kappa shape index (κ2) is 5.54. The van der Waals surface area contributed by atoms with E-state index in [2.05, 4.69) is 20.2 Å². The van der Waals surface area contributed by atoms with Gasteiger partial charge in [0.05, 0.1) is 0 Å². The number of rotatable bonds is 2. The molecule has 1 aromatic carbocycles. The minimum absolute atomic E-state index is 0.0776. The molecule has 2 rings (SSSR count). The van der Waals surface area contributed by atoms with Crippen molar-refractivity contribution in [1.29, 1.82) is 0 Å². The van der Waals surface area contributed by atoms with Gasteiger partial charge in [-0.05, 0) is 24.3 Å². The number of nitrogens with two attached hydrogens (primary N) is 1. The van der Waals surface area contributed by atoms with E-state index in [-0.39, 0.29) is 11.8 Å². The number of amidine groups is 1. The SMILES string of the molecule is N/C(=N\c1n[nH]c(-c2ccc(Cl)cc2)n1)C(Cl)(Cl)Cl. The van der Waals surface area contributed by atoms with Crippen LogP contribution >= 0.6 is 46.4 Å². The lowest BCUT2D eigenvalue weighted by Crippen LogP contribution is -2.27. The smallest absolute Gasteiger partial charge is 0.270 e. The van der Waals surface area contributed by atoms with Crippen molar-refractivity contribution in [3.63, 3.8) is 0 Å². The van der Waals surface area contributed by atoms with E-state index in [0.717, 1.165) is 5.56 Å². The fourth-order valence-electron chi connectivity index (χ4n) is 1.21. The molecular formula is C10H7Cl4N5. The molecule has 1 heterocycles. The average Bonchev–Trinajstić information content (AvgIpc) is 2.77. The van der Waals surface area contributed by atoms with Gasteiger partial charge in [0, 0.05) is 10.6 Å². The molecule has 5 nitrogen and oxygen atoms in total. The summed E-state index contributed by atoms with van der Waals surface area (Å²) in [7, 11) is 0. The lowest BCUT2D eigenvalue weighted by atomic mass is 10.2. The van der Waals surface area contributed by atoms with E-state index >= 15 is 0 Å². The van der Waals surface area contributed by atoms with Crippen LogP contribution in [0.3, 0.4) is 0 Å². The van der Waals surface area contributed by atoms with Gasteiger partial charge in [-0.15, -0.1) is 5.10 Å². The quantitative estimate of drug-likeness (QED) is 0.499. The number of halogens is 4. The summed E-state index contributed by atoms with van der Waals surface area (Å²) in [6, 6.07) is 7.04. The largest absolute Gasteiger partial charge is 0.383 e. The van der Waals surface area contributed by atoms with Crippen molar-refractivity contribution in [2.75, 3.05) is 0 Å². The number of nitrogens with one attached hydrogen (secondary N) is 1. The number of nitrogens with zero attached hydrogens (tertiary/aromatic N) is 3. The second-order valence-corrected chi connectivity index (χ2v) is 6.20. The van der Waals surface area contributed by atoms with Gasteiger partial charge in [0.15, 0.2) is 11.7 Å². The van der Waals surface area contributed by atoms with Gasteiger partial charge in [-0.1, -0.05) is 46.4 Å². The monoisotopic (exact) mass is 337 g/mol. The Morgan fingerprint density at radius 2 is 1.84 bits per heavy atom. The Labute approximate surface area is 128 Å². The van der Waals surface area contributed by atoms with Crippen LogP contribution in [0.5, 0.6) is 0 Å². The van der Waals surface area contributed by atoms with Gasteiger partial charge in [-0.25, -0.2) is 0 Å². The summed E-state index contributed by atoms with van der Waals surface area (Å²) >= 11 is 22.5. The molecule has 0 unspecified atom stereocenters. The summed E-state index contributed by atoms with van der Waals surface area (Å²) in [5, 5.41) is 7.19. The number of hydrogen-bond donors (Lipinski definition) is 2. The lowest BCUT2D eigenvalue weighted by Gasteiger charge is -2.07. The minimum Gasteiger partial charge on any atom is -0.383 e. The molecule has 0 aliphatic rings. The van der Waals surface area contributed by atoms with Crippen molar-refractivity contribution in [2.24, 2.45) is 10.7 Å². The molecule has 1 aromatic heterocycles. The average molecular weight is 339 g/mol. The topological polar surface area (TPSA) is 80.0 Å². The number of H-pyrrole nitrogens is 1. The van der Waals surface area contributed by atoms with Crippen molar-refractivity contribution in [3.05, 3.63) is 29.3 Å². The number of aromatic nitrogens is 3. The lowest BCUT2D eigenvalue weighted by molar-refractivity contribution is 1.08. The Morgan fingerprint density at radius 1 is 1.21 bits per heavy atom. The summed E-state index contributed by atoms with van der Waals surface area (Å²) < 4.78 is -1.79. The molecule has 0 aliphatic carbocycles. The van der Waals surface area contributed by atoms with E-state index in [1.54, 1.807) is 24.3 Å². The van der Waals surface area contributed by atoms with Crippen LogP contribution in [0.25, 0.3) is 11.4 Å². The number of benzene rings is 1. The molecule has 0 spiro atoms. The van der Waals surface area contributed by atoms with E-state index in [0.29, 0.717) is 10.8 Å². The van der Waals surface area contributed by atoms with Crippen LogP contribution in [0.2, 0.25) is 5.02 Å². The maximum absolute atomic E-state index is 5.79. The summed E-state index contributed by atoms with van der Waals surface area (Å²) in [5.74, 6) is 0.375. The molecule has 9 heteroatoms. The fraction of sp³-hybridized carbons (Fsp3) is 0.100. The summed E-state index contributed by atoms with van der Waals surface area (Å²) in [5.41, 5.74) is 6.29. The zero-order chi connectivity index (χ0) is 14.0. The van der Waals surface area contributed by atoms with Gasteiger partial charge < -0.3 is 5.73 Å². The van der Waals surface area contributed by atoms with E-state index in [1.165, 1.54) is 0 Å². The highest BCUT2D eigenvalue weighted by Crippen LogP contribution is 2.27.